The Morgan fingerprint density at radius 1 is 0.947 bits per heavy atom. The third-order valence-corrected chi connectivity index (χ3v) is 4.17. The van der Waals surface area contributed by atoms with Crippen LogP contribution in [0.1, 0.15) is 24.0 Å². The molecule has 0 aromatic heterocycles. The normalized spacial score (nSPS) is 25.9. The van der Waals surface area contributed by atoms with Crippen LogP contribution in [0, 0.1) is 25.7 Å². The lowest BCUT2D eigenvalue weighted by Crippen LogP contribution is -2.32. The first-order valence-corrected chi connectivity index (χ1v) is 6.70. The topological polar surface area (TPSA) is 37.4 Å². The third-order valence-electron chi connectivity index (χ3n) is 4.17. The quantitative estimate of drug-likeness (QED) is 0.571. The zero-order valence-corrected chi connectivity index (χ0v) is 11.2. The summed E-state index contributed by atoms with van der Waals surface area (Å²) in [5.41, 5.74) is 2.74. The van der Waals surface area contributed by atoms with Crippen molar-refractivity contribution in [2.45, 2.75) is 26.7 Å². The van der Waals surface area contributed by atoms with Crippen molar-refractivity contribution >= 4 is 17.5 Å². The summed E-state index contributed by atoms with van der Waals surface area (Å²) in [7, 11) is 0. The van der Waals surface area contributed by atoms with Crippen molar-refractivity contribution in [3.8, 4) is 0 Å². The molecule has 2 atom stereocenters. The van der Waals surface area contributed by atoms with Crippen molar-refractivity contribution in [3.63, 3.8) is 0 Å². The minimum Gasteiger partial charge on any atom is -0.274 e. The van der Waals surface area contributed by atoms with E-state index in [4.69, 9.17) is 0 Å². The Morgan fingerprint density at radius 2 is 1.42 bits per heavy atom. The smallest absolute Gasteiger partial charge is 0.238 e. The SMILES string of the molecule is Cc1cccc(C)c1N1C(=O)[C@H]2CC=CC[C@@H]2C1=O. The van der Waals surface area contributed by atoms with E-state index < -0.39 is 0 Å². The van der Waals surface area contributed by atoms with Crippen LogP contribution in [-0.2, 0) is 9.59 Å². The number of rotatable bonds is 1. The number of aryl methyl sites for hydroxylation is 2. The molecule has 3 nitrogen and oxygen atoms in total. The van der Waals surface area contributed by atoms with Crippen LogP contribution in [0.3, 0.4) is 0 Å². The molecule has 1 aromatic carbocycles. The Bertz CT molecular complexity index is 542. The van der Waals surface area contributed by atoms with Crippen molar-refractivity contribution in [2.75, 3.05) is 4.90 Å². The van der Waals surface area contributed by atoms with Gasteiger partial charge in [0.1, 0.15) is 0 Å². The van der Waals surface area contributed by atoms with Crippen LogP contribution in [0.15, 0.2) is 30.4 Å². The average molecular weight is 255 g/mol. The molecule has 98 valence electrons. The van der Waals surface area contributed by atoms with Crippen LogP contribution in [0.5, 0.6) is 0 Å². The zero-order valence-electron chi connectivity index (χ0n) is 11.2. The predicted molar refractivity (Wildman–Crippen MR) is 73.8 cm³/mol. The molecule has 1 aliphatic carbocycles. The van der Waals surface area contributed by atoms with Crippen LogP contribution in [-0.4, -0.2) is 11.8 Å². The maximum Gasteiger partial charge on any atom is 0.238 e. The van der Waals surface area contributed by atoms with E-state index in [1.54, 1.807) is 0 Å². The molecule has 1 saturated heterocycles. The number of anilines is 1. The molecule has 19 heavy (non-hydrogen) atoms. The Labute approximate surface area is 112 Å². The fourth-order valence-corrected chi connectivity index (χ4v) is 3.18. The van der Waals surface area contributed by atoms with Crippen LogP contribution >= 0.6 is 0 Å². The van der Waals surface area contributed by atoms with E-state index in [1.165, 1.54) is 4.90 Å². The van der Waals surface area contributed by atoms with Crippen LogP contribution in [0.25, 0.3) is 0 Å². The number of allylic oxidation sites excluding steroid dienone is 2. The van der Waals surface area contributed by atoms with Crippen LogP contribution < -0.4 is 4.90 Å². The summed E-state index contributed by atoms with van der Waals surface area (Å²) in [6.07, 6.45) is 5.41. The Balaban J connectivity index is 2.07. The number of hydrogen-bond acceptors (Lipinski definition) is 2. The summed E-state index contributed by atoms with van der Waals surface area (Å²) in [6.45, 7) is 3.90. The van der Waals surface area contributed by atoms with E-state index >= 15 is 0 Å². The lowest BCUT2D eigenvalue weighted by Gasteiger charge is -2.19. The van der Waals surface area contributed by atoms with Gasteiger partial charge in [0.2, 0.25) is 11.8 Å². The summed E-state index contributed by atoms with van der Waals surface area (Å²) < 4.78 is 0. The second-order valence-corrected chi connectivity index (χ2v) is 5.41. The molecular formula is C16H17NO2. The van der Waals surface area contributed by atoms with Gasteiger partial charge in [0.05, 0.1) is 17.5 Å². The largest absolute Gasteiger partial charge is 0.274 e. The number of benzene rings is 1. The average Bonchev–Trinajstić information content (AvgIpc) is 2.64. The number of imide groups is 1. The van der Waals surface area contributed by atoms with Gasteiger partial charge in [-0.3, -0.25) is 9.59 Å². The van der Waals surface area contributed by atoms with Gasteiger partial charge in [-0.1, -0.05) is 30.4 Å². The maximum absolute atomic E-state index is 12.5. The first kappa shape index (κ1) is 12.2. The lowest BCUT2D eigenvalue weighted by molar-refractivity contribution is -0.122. The second kappa shape index (κ2) is 4.34. The number of nitrogens with zero attached hydrogens (tertiary/aromatic N) is 1. The fraction of sp³-hybridized carbons (Fsp3) is 0.375. The molecule has 2 aliphatic rings. The number of para-hydroxylation sites is 1. The zero-order chi connectivity index (χ0) is 13.6. The molecular weight excluding hydrogens is 238 g/mol. The molecule has 0 unspecified atom stereocenters. The molecule has 2 amide bonds. The van der Waals surface area contributed by atoms with Gasteiger partial charge in [-0.25, -0.2) is 4.90 Å². The highest BCUT2D eigenvalue weighted by molar-refractivity contribution is 6.22. The van der Waals surface area contributed by atoms with Crippen molar-refractivity contribution < 1.29 is 9.59 Å². The summed E-state index contributed by atoms with van der Waals surface area (Å²) in [5.74, 6) is -0.374. The van der Waals surface area contributed by atoms with E-state index in [1.807, 2.05) is 44.2 Å². The van der Waals surface area contributed by atoms with E-state index in [9.17, 15) is 9.59 Å². The minimum absolute atomic E-state index is 0.0308. The molecule has 0 bridgehead atoms. The number of carbonyl (C=O) groups excluding carboxylic acids is 2. The van der Waals surface area contributed by atoms with Gasteiger partial charge in [0.25, 0.3) is 0 Å². The maximum atomic E-state index is 12.5. The molecule has 1 heterocycles. The summed E-state index contributed by atoms with van der Waals surface area (Å²) in [5, 5.41) is 0. The first-order chi connectivity index (χ1) is 9.11. The van der Waals surface area contributed by atoms with E-state index in [0.29, 0.717) is 12.8 Å². The van der Waals surface area contributed by atoms with E-state index in [2.05, 4.69) is 0 Å². The molecule has 3 rings (SSSR count). The third kappa shape index (κ3) is 1.72. The summed E-state index contributed by atoms with van der Waals surface area (Å²) >= 11 is 0. The number of hydrogen-bond donors (Lipinski definition) is 0. The summed E-state index contributed by atoms with van der Waals surface area (Å²) in [4.78, 5) is 26.5. The summed E-state index contributed by atoms with van der Waals surface area (Å²) in [6, 6.07) is 5.85. The Kier molecular flexibility index (Phi) is 2.77. The van der Waals surface area contributed by atoms with Crippen molar-refractivity contribution in [3.05, 3.63) is 41.5 Å². The number of fused-ring (bicyclic) bond motifs is 1. The molecule has 1 aromatic rings. The van der Waals surface area contributed by atoms with Crippen molar-refractivity contribution in [2.24, 2.45) is 11.8 Å². The lowest BCUT2D eigenvalue weighted by atomic mass is 9.85. The van der Waals surface area contributed by atoms with E-state index in [0.717, 1.165) is 16.8 Å². The predicted octanol–water partition coefficient (Wildman–Crippen LogP) is 2.76. The fourth-order valence-electron chi connectivity index (χ4n) is 3.18. The second-order valence-electron chi connectivity index (χ2n) is 5.41. The van der Waals surface area contributed by atoms with Gasteiger partial charge in [0.15, 0.2) is 0 Å². The monoisotopic (exact) mass is 255 g/mol. The Morgan fingerprint density at radius 3 is 1.89 bits per heavy atom. The molecule has 0 radical (unpaired) electrons. The molecule has 0 spiro atoms. The molecule has 1 aliphatic heterocycles. The van der Waals surface area contributed by atoms with Gasteiger partial charge < -0.3 is 0 Å². The van der Waals surface area contributed by atoms with Gasteiger partial charge >= 0.3 is 0 Å². The van der Waals surface area contributed by atoms with Gasteiger partial charge in [-0.15, -0.1) is 0 Å². The standard InChI is InChI=1S/C16H17NO2/c1-10-6-5-7-11(2)14(10)17-15(18)12-8-3-4-9-13(12)16(17)19/h3-7,12-13H,8-9H2,1-2H3/t12-,13-/m0/s1. The van der Waals surface area contributed by atoms with Crippen LogP contribution in [0.4, 0.5) is 5.69 Å². The highest BCUT2D eigenvalue weighted by Crippen LogP contribution is 2.39. The molecule has 3 heteroatoms. The molecule has 0 saturated carbocycles. The molecule has 1 fully saturated rings. The molecule has 0 N–H and O–H groups in total. The Hall–Kier alpha value is -1.90. The van der Waals surface area contributed by atoms with Crippen molar-refractivity contribution in [1.82, 2.24) is 0 Å². The highest BCUT2D eigenvalue weighted by atomic mass is 16.2. The van der Waals surface area contributed by atoms with Gasteiger partial charge in [-0.2, -0.15) is 0 Å². The van der Waals surface area contributed by atoms with E-state index in [-0.39, 0.29) is 23.7 Å². The van der Waals surface area contributed by atoms with Gasteiger partial charge in [-0.05, 0) is 37.8 Å². The first-order valence-electron chi connectivity index (χ1n) is 6.70. The van der Waals surface area contributed by atoms with Crippen molar-refractivity contribution in [1.29, 1.82) is 0 Å². The number of amides is 2. The van der Waals surface area contributed by atoms with Gasteiger partial charge in [0, 0.05) is 0 Å². The minimum atomic E-state index is -0.156. The van der Waals surface area contributed by atoms with Crippen LogP contribution in [0.2, 0.25) is 0 Å². The highest BCUT2D eigenvalue weighted by Gasteiger charge is 2.48. The number of carbonyl (C=O) groups is 2.